The van der Waals surface area contributed by atoms with Crippen LogP contribution in [0.15, 0.2) is 36.0 Å². The van der Waals surface area contributed by atoms with Crippen LogP contribution < -0.4 is 42.5 Å². The maximum Gasteiger partial charge on any atom is 0.243 e. The minimum absolute atomic E-state index is 0.0238. The molecule has 0 spiro atoms. The SMILES string of the molecule is CCCCCCC(NC(=O)CNC)C(=O)NCC(=O)NC(CCCCNC(=O)CCCCC1CCSS1)C(=O)NCC(=C=O)NC(Cc1ccccc1)C(=O)NCC(C)=O. The Labute approximate surface area is 362 Å². The fraction of sp³-hybridized carbons (Fsp3) is 0.643. The summed E-state index contributed by atoms with van der Waals surface area (Å²) in [6.45, 7) is 2.82. The predicted octanol–water partition coefficient (Wildman–Crippen LogP) is 2.00. The standard InChI is InChI=1S/C42H66N8O8S2/c1-4-5-6-10-18-34(49-38(54)27-43-3)41(57)47-28-39(55)50-35(19-13-14-22-44-37(53)20-12-11-17-33-21-23-59-60-33)40(56)46-26-32(29-51)48-36(42(58)45-25-30(2)52)24-31-15-8-7-9-16-31/h7-9,15-16,33-36,43,48H,4-6,10-14,17-28H2,1-3H3,(H,44,53)(H,45,58)(H,46,56)(H,47,57)(H,49,54)(H,50,55). The van der Waals surface area contributed by atoms with Crippen molar-refractivity contribution >= 4 is 68.8 Å². The van der Waals surface area contributed by atoms with Crippen LogP contribution in [-0.2, 0) is 44.8 Å². The largest absolute Gasteiger partial charge is 0.366 e. The molecule has 1 aliphatic heterocycles. The average Bonchev–Trinajstić information content (AvgIpc) is 3.76. The van der Waals surface area contributed by atoms with E-state index in [0.29, 0.717) is 43.9 Å². The molecule has 0 radical (unpaired) electrons. The normalized spacial score (nSPS) is 14.7. The van der Waals surface area contributed by atoms with Gasteiger partial charge in [0.2, 0.25) is 35.4 Å². The number of Topliss-reactive ketones (excluding diaryl/α,β-unsaturated/α-hetero) is 1. The Bertz CT molecular complexity index is 1560. The molecule has 8 N–H and O–H groups in total. The summed E-state index contributed by atoms with van der Waals surface area (Å²) in [6.07, 6.45) is 9.91. The molecule has 4 unspecified atom stereocenters. The third kappa shape index (κ3) is 23.4. The molecule has 1 aliphatic rings. The molecule has 1 aromatic rings. The van der Waals surface area contributed by atoms with Gasteiger partial charge in [-0.05, 0) is 64.5 Å². The maximum absolute atomic E-state index is 13.6. The van der Waals surface area contributed by atoms with E-state index >= 15 is 0 Å². The van der Waals surface area contributed by atoms with Gasteiger partial charge in [-0.25, -0.2) is 4.79 Å². The van der Waals surface area contributed by atoms with E-state index in [9.17, 15) is 38.4 Å². The number of carbonyl (C=O) groups excluding carboxylic acids is 8. The molecule has 0 aliphatic carbocycles. The van der Waals surface area contributed by atoms with E-state index in [-0.39, 0.29) is 55.8 Å². The molecule has 0 aromatic heterocycles. The second-order valence-electron chi connectivity index (χ2n) is 14.9. The predicted molar refractivity (Wildman–Crippen MR) is 236 cm³/mol. The van der Waals surface area contributed by atoms with E-state index in [0.717, 1.165) is 44.1 Å². The molecule has 1 heterocycles. The van der Waals surface area contributed by atoms with Crippen LogP contribution in [-0.4, -0.2) is 116 Å². The molecule has 6 amide bonds. The third-order valence-electron chi connectivity index (χ3n) is 9.58. The molecule has 1 aromatic carbocycles. The molecular formula is C42H66N8O8S2. The first-order valence-electron chi connectivity index (χ1n) is 21.1. The van der Waals surface area contributed by atoms with Gasteiger partial charge in [0.05, 0.1) is 26.2 Å². The van der Waals surface area contributed by atoms with Gasteiger partial charge in [-0.2, -0.15) is 0 Å². The van der Waals surface area contributed by atoms with Gasteiger partial charge in [0.25, 0.3) is 0 Å². The highest BCUT2D eigenvalue weighted by Crippen LogP contribution is 2.39. The minimum atomic E-state index is -1.08. The summed E-state index contributed by atoms with van der Waals surface area (Å²) in [7, 11) is 5.46. The smallest absolute Gasteiger partial charge is 0.243 e. The molecule has 4 atom stereocenters. The molecule has 2 rings (SSSR count). The number of unbranched alkanes of at least 4 members (excludes halogenated alkanes) is 5. The highest BCUT2D eigenvalue weighted by atomic mass is 33.1. The molecule has 16 nitrogen and oxygen atoms in total. The summed E-state index contributed by atoms with van der Waals surface area (Å²) in [6, 6.07) is 6.16. The van der Waals surface area contributed by atoms with Crippen LogP contribution in [0.25, 0.3) is 0 Å². The fourth-order valence-corrected chi connectivity index (χ4v) is 9.31. The van der Waals surface area contributed by atoms with E-state index < -0.39 is 48.3 Å². The van der Waals surface area contributed by atoms with Gasteiger partial charge in [0.15, 0.2) is 0 Å². The fourth-order valence-electron chi connectivity index (χ4n) is 6.29. The van der Waals surface area contributed by atoms with Crippen LogP contribution in [0.5, 0.6) is 0 Å². The monoisotopic (exact) mass is 874 g/mol. The zero-order valence-electron chi connectivity index (χ0n) is 35.4. The average molecular weight is 875 g/mol. The summed E-state index contributed by atoms with van der Waals surface area (Å²) < 4.78 is 0. The van der Waals surface area contributed by atoms with Gasteiger partial charge in [-0.15, -0.1) is 0 Å². The Hall–Kier alpha value is -4.38. The Morgan fingerprint density at radius 1 is 0.700 bits per heavy atom. The molecule has 18 heteroatoms. The van der Waals surface area contributed by atoms with Crippen LogP contribution in [0.3, 0.4) is 0 Å². The first-order valence-corrected chi connectivity index (χ1v) is 23.5. The second kappa shape index (κ2) is 31.5. The summed E-state index contributed by atoms with van der Waals surface area (Å²) >= 11 is 0. The summed E-state index contributed by atoms with van der Waals surface area (Å²) in [4.78, 5) is 101. The van der Waals surface area contributed by atoms with E-state index in [1.165, 1.54) is 19.1 Å². The van der Waals surface area contributed by atoms with Gasteiger partial charge < -0.3 is 42.5 Å². The van der Waals surface area contributed by atoms with Crippen LogP contribution in [0.1, 0.15) is 103 Å². The van der Waals surface area contributed by atoms with Gasteiger partial charge in [0, 0.05) is 30.4 Å². The van der Waals surface area contributed by atoms with Crippen molar-refractivity contribution in [2.75, 3.05) is 45.5 Å². The number of hydrogen-bond acceptors (Lipinski definition) is 12. The lowest BCUT2D eigenvalue weighted by molar-refractivity contribution is -0.131. The van der Waals surface area contributed by atoms with Crippen molar-refractivity contribution < 1.29 is 38.4 Å². The zero-order chi connectivity index (χ0) is 44.0. The number of benzene rings is 1. The molecule has 0 bridgehead atoms. The lowest BCUT2D eigenvalue weighted by atomic mass is 10.0. The molecule has 334 valence electrons. The lowest BCUT2D eigenvalue weighted by Crippen LogP contribution is -2.53. The van der Waals surface area contributed by atoms with E-state index in [1.807, 2.05) is 39.8 Å². The van der Waals surface area contributed by atoms with Crippen molar-refractivity contribution in [1.82, 2.24) is 42.5 Å². The lowest BCUT2D eigenvalue weighted by Gasteiger charge is -2.22. The molecule has 0 saturated carbocycles. The highest BCUT2D eigenvalue weighted by molar-refractivity contribution is 8.77. The number of nitrogens with one attached hydrogen (secondary N) is 8. The van der Waals surface area contributed by atoms with Crippen molar-refractivity contribution in [2.24, 2.45) is 0 Å². The van der Waals surface area contributed by atoms with Crippen LogP contribution in [0.2, 0.25) is 0 Å². The van der Waals surface area contributed by atoms with Crippen LogP contribution in [0, 0.1) is 0 Å². The number of hydrogen-bond donors (Lipinski definition) is 8. The third-order valence-corrected chi connectivity index (χ3v) is 12.6. The molecule has 60 heavy (non-hydrogen) atoms. The topological polar surface area (TPSA) is 233 Å². The van der Waals surface area contributed by atoms with Crippen LogP contribution >= 0.6 is 21.6 Å². The quantitative estimate of drug-likeness (QED) is 0.0295. The number of carbonyl (C=O) groups is 7. The van der Waals surface area contributed by atoms with Gasteiger partial charge in [-0.1, -0.05) is 90.9 Å². The Morgan fingerprint density at radius 2 is 1.33 bits per heavy atom. The van der Waals surface area contributed by atoms with Crippen molar-refractivity contribution in [3.05, 3.63) is 41.6 Å². The summed E-state index contributed by atoms with van der Waals surface area (Å²) in [5.41, 5.74) is 0.655. The van der Waals surface area contributed by atoms with Crippen molar-refractivity contribution in [3.8, 4) is 0 Å². The highest BCUT2D eigenvalue weighted by Gasteiger charge is 2.25. The van der Waals surface area contributed by atoms with Crippen LogP contribution in [0.4, 0.5) is 0 Å². The first kappa shape index (κ1) is 51.8. The Kier molecular flexibility index (Phi) is 27.2. The minimum Gasteiger partial charge on any atom is -0.366 e. The van der Waals surface area contributed by atoms with Gasteiger partial charge >= 0.3 is 0 Å². The Morgan fingerprint density at radius 3 is 1.95 bits per heavy atom. The molecule has 1 saturated heterocycles. The van der Waals surface area contributed by atoms with Gasteiger partial charge in [0.1, 0.15) is 35.5 Å². The van der Waals surface area contributed by atoms with Crippen molar-refractivity contribution in [1.29, 1.82) is 0 Å². The van der Waals surface area contributed by atoms with Crippen molar-refractivity contribution in [3.63, 3.8) is 0 Å². The van der Waals surface area contributed by atoms with E-state index in [2.05, 4.69) is 49.5 Å². The number of rotatable bonds is 32. The van der Waals surface area contributed by atoms with Gasteiger partial charge in [-0.3, -0.25) is 33.6 Å². The summed E-state index contributed by atoms with van der Waals surface area (Å²) in [5.74, 6) is -0.0363. The first-order chi connectivity index (χ1) is 28.9. The Balaban J connectivity index is 2.04. The van der Waals surface area contributed by atoms with Crippen molar-refractivity contribution in [2.45, 2.75) is 127 Å². The molecular weight excluding hydrogens is 809 g/mol. The molecule has 1 fully saturated rings. The second-order valence-corrected chi connectivity index (χ2v) is 17.7. The van der Waals surface area contributed by atoms with E-state index in [4.69, 9.17) is 0 Å². The number of ketones is 1. The number of amides is 6. The zero-order valence-corrected chi connectivity index (χ0v) is 37.1. The maximum atomic E-state index is 13.6. The number of likely N-dealkylation sites (N-methyl/N-ethyl adjacent to an activating group) is 1. The van der Waals surface area contributed by atoms with E-state index in [1.54, 1.807) is 25.1 Å². The summed E-state index contributed by atoms with van der Waals surface area (Å²) in [5, 5.41) is 22.3.